The van der Waals surface area contributed by atoms with E-state index in [-0.39, 0.29) is 25.0 Å². The van der Waals surface area contributed by atoms with Gasteiger partial charge in [0.1, 0.15) is 5.75 Å². The Bertz CT molecular complexity index is 530. The number of nitrogens with one attached hydrogen (secondary N) is 1. The molecule has 0 aromatic heterocycles. The molecular weight excluding hydrogens is 322 g/mol. The molecule has 0 aliphatic rings. The van der Waals surface area contributed by atoms with Gasteiger partial charge in [0.15, 0.2) is 6.61 Å². The lowest BCUT2D eigenvalue weighted by molar-refractivity contribution is -0.147. The van der Waals surface area contributed by atoms with Gasteiger partial charge < -0.3 is 19.5 Å². The summed E-state index contributed by atoms with van der Waals surface area (Å²) in [6.07, 6.45) is 1.90. The fourth-order valence-electron chi connectivity index (χ4n) is 2.12. The highest BCUT2D eigenvalue weighted by Gasteiger charge is 2.09. The largest absolute Gasteiger partial charge is 0.491 e. The summed E-state index contributed by atoms with van der Waals surface area (Å²) in [5.41, 5.74) is 0.791. The number of esters is 1. The number of unbranched alkanes of at least 4 members (excludes halogenated alkanes) is 1. The number of carbonyl (C=O) groups excluding carboxylic acids is 2. The molecule has 0 fully saturated rings. The molecule has 0 bridgehead atoms. The van der Waals surface area contributed by atoms with Crippen LogP contribution in [0, 0.1) is 0 Å². The fraction of sp³-hybridized carbons (Fsp3) is 0.579. The molecule has 0 saturated carbocycles. The molecule has 0 unspecified atom stereocenters. The molecule has 1 amide bonds. The average Bonchev–Trinajstić information content (AvgIpc) is 2.56. The Kier molecular flexibility index (Phi) is 10.3. The van der Waals surface area contributed by atoms with Crippen molar-refractivity contribution in [3.63, 3.8) is 0 Å². The Labute approximate surface area is 149 Å². The smallest absolute Gasteiger partial charge is 0.310 e. The molecule has 0 aliphatic heterocycles. The second kappa shape index (κ2) is 12.3. The van der Waals surface area contributed by atoms with E-state index in [1.54, 1.807) is 6.07 Å². The van der Waals surface area contributed by atoms with Crippen LogP contribution in [0.3, 0.4) is 0 Å². The van der Waals surface area contributed by atoms with Crippen LogP contribution in [-0.2, 0) is 25.5 Å². The van der Waals surface area contributed by atoms with E-state index >= 15 is 0 Å². The summed E-state index contributed by atoms with van der Waals surface area (Å²) in [7, 11) is 0. The molecule has 1 aromatic rings. The van der Waals surface area contributed by atoms with Gasteiger partial charge in [-0.25, -0.2) is 0 Å². The SMILES string of the molecule is CCOCCCCNC(=O)COC(=O)Cc1cccc(OC(C)C)c1. The van der Waals surface area contributed by atoms with E-state index < -0.39 is 5.97 Å². The summed E-state index contributed by atoms with van der Waals surface area (Å²) in [5, 5.41) is 2.72. The summed E-state index contributed by atoms with van der Waals surface area (Å²) in [6.45, 7) is 7.52. The highest BCUT2D eigenvalue weighted by Crippen LogP contribution is 2.15. The van der Waals surface area contributed by atoms with Crippen molar-refractivity contribution in [1.29, 1.82) is 0 Å². The second-order valence-electron chi connectivity index (χ2n) is 5.91. The zero-order valence-corrected chi connectivity index (χ0v) is 15.4. The van der Waals surface area contributed by atoms with Crippen molar-refractivity contribution in [2.24, 2.45) is 0 Å². The van der Waals surface area contributed by atoms with Gasteiger partial charge in [0, 0.05) is 19.8 Å². The van der Waals surface area contributed by atoms with Crippen LogP contribution < -0.4 is 10.1 Å². The highest BCUT2D eigenvalue weighted by atomic mass is 16.5. The minimum atomic E-state index is -0.437. The molecule has 0 heterocycles. The molecule has 140 valence electrons. The van der Waals surface area contributed by atoms with Gasteiger partial charge in [0.05, 0.1) is 12.5 Å². The molecule has 6 nitrogen and oxygen atoms in total. The third-order valence-electron chi connectivity index (χ3n) is 3.22. The lowest BCUT2D eigenvalue weighted by Gasteiger charge is -2.11. The normalized spacial score (nSPS) is 10.6. The van der Waals surface area contributed by atoms with Gasteiger partial charge >= 0.3 is 5.97 Å². The van der Waals surface area contributed by atoms with Crippen LogP contribution >= 0.6 is 0 Å². The van der Waals surface area contributed by atoms with E-state index in [4.69, 9.17) is 14.2 Å². The van der Waals surface area contributed by atoms with Gasteiger partial charge in [-0.1, -0.05) is 12.1 Å². The molecular formula is C19H29NO5. The molecule has 6 heteroatoms. The summed E-state index contributed by atoms with van der Waals surface area (Å²) in [5.74, 6) is -0.0139. The van der Waals surface area contributed by atoms with Crippen LogP contribution in [0.15, 0.2) is 24.3 Å². The standard InChI is InChI=1S/C19H29NO5/c1-4-23-11-6-5-10-20-18(21)14-24-19(22)13-16-8-7-9-17(12-16)25-15(2)3/h7-9,12,15H,4-6,10-11,13-14H2,1-3H3,(H,20,21). The Morgan fingerprint density at radius 1 is 1.20 bits per heavy atom. The van der Waals surface area contributed by atoms with Crippen molar-refractivity contribution in [1.82, 2.24) is 5.32 Å². The van der Waals surface area contributed by atoms with Crippen LogP contribution in [0.25, 0.3) is 0 Å². The van der Waals surface area contributed by atoms with Crippen LogP contribution in [0.2, 0.25) is 0 Å². The number of hydrogen-bond acceptors (Lipinski definition) is 5. The maximum atomic E-state index is 11.8. The number of rotatable bonds is 12. The lowest BCUT2D eigenvalue weighted by atomic mass is 10.1. The van der Waals surface area contributed by atoms with Gasteiger partial charge in [-0.2, -0.15) is 0 Å². The molecule has 1 rings (SSSR count). The summed E-state index contributed by atoms with van der Waals surface area (Å²) >= 11 is 0. The third-order valence-corrected chi connectivity index (χ3v) is 3.22. The zero-order valence-electron chi connectivity index (χ0n) is 15.4. The lowest BCUT2D eigenvalue weighted by Crippen LogP contribution is -2.30. The maximum Gasteiger partial charge on any atom is 0.310 e. The van der Waals surface area contributed by atoms with Crippen LogP contribution in [0.1, 0.15) is 39.2 Å². The van der Waals surface area contributed by atoms with Crippen molar-refractivity contribution >= 4 is 11.9 Å². The molecule has 0 spiro atoms. The Morgan fingerprint density at radius 2 is 2.00 bits per heavy atom. The quantitative estimate of drug-likeness (QED) is 0.463. The van der Waals surface area contributed by atoms with E-state index in [9.17, 15) is 9.59 Å². The first kappa shape index (κ1) is 21.0. The first-order valence-corrected chi connectivity index (χ1v) is 8.77. The molecule has 0 atom stereocenters. The number of benzene rings is 1. The Balaban J connectivity index is 2.22. The van der Waals surface area contributed by atoms with Gasteiger partial charge in [0.25, 0.3) is 5.91 Å². The molecule has 1 N–H and O–H groups in total. The van der Waals surface area contributed by atoms with Gasteiger partial charge in [-0.15, -0.1) is 0 Å². The number of hydrogen-bond donors (Lipinski definition) is 1. The maximum absolute atomic E-state index is 11.8. The average molecular weight is 351 g/mol. The molecule has 0 saturated heterocycles. The topological polar surface area (TPSA) is 73.9 Å². The Hall–Kier alpha value is -2.08. The number of ether oxygens (including phenoxy) is 3. The molecule has 25 heavy (non-hydrogen) atoms. The van der Waals surface area contributed by atoms with Gasteiger partial charge in [0.2, 0.25) is 0 Å². The summed E-state index contributed by atoms with van der Waals surface area (Å²) in [4.78, 5) is 23.5. The first-order valence-electron chi connectivity index (χ1n) is 8.77. The van der Waals surface area contributed by atoms with Crippen LogP contribution in [0.5, 0.6) is 5.75 Å². The van der Waals surface area contributed by atoms with Crippen molar-refractivity contribution in [3.8, 4) is 5.75 Å². The van der Waals surface area contributed by atoms with E-state index in [0.29, 0.717) is 25.5 Å². The molecule has 0 radical (unpaired) electrons. The molecule has 1 aromatic carbocycles. The van der Waals surface area contributed by atoms with E-state index in [1.807, 2.05) is 39.0 Å². The number of carbonyl (C=O) groups is 2. The van der Waals surface area contributed by atoms with Gasteiger partial charge in [-0.3, -0.25) is 9.59 Å². The van der Waals surface area contributed by atoms with Crippen LogP contribution in [-0.4, -0.2) is 44.3 Å². The monoisotopic (exact) mass is 351 g/mol. The zero-order chi connectivity index (χ0) is 18.5. The third kappa shape index (κ3) is 10.4. The van der Waals surface area contributed by atoms with Crippen molar-refractivity contribution in [3.05, 3.63) is 29.8 Å². The van der Waals surface area contributed by atoms with Crippen molar-refractivity contribution in [2.75, 3.05) is 26.4 Å². The highest BCUT2D eigenvalue weighted by molar-refractivity contribution is 5.81. The predicted octanol–water partition coefficient (Wildman–Crippen LogP) is 2.49. The summed E-state index contributed by atoms with van der Waals surface area (Å²) in [6, 6.07) is 7.30. The fourth-order valence-corrected chi connectivity index (χ4v) is 2.12. The minimum Gasteiger partial charge on any atom is -0.491 e. The summed E-state index contributed by atoms with van der Waals surface area (Å²) < 4.78 is 15.8. The van der Waals surface area contributed by atoms with Crippen molar-refractivity contribution in [2.45, 2.75) is 46.1 Å². The molecule has 0 aliphatic carbocycles. The van der Waals surface area contributed by atoms with E-state index in [1.165, 1.54) is 0 Å². The predicted molar refractivity (Wildman–Crippen MR) is 95.6 cm³/mol. The number of amides is 1. The minimum absolute atomic E-state index is 0.0689. The van der Waals surface area contributed by atoms with E-state index in [0.717, 1.165) is 18.4 Å². The second-order valence-corrected chi connectivity index (χ2v) is 5.91. The van der Waals surface area contributed by atoms with Crippen LogP contribution in [0.4, 0.5) is 0 Å². The Morgan fingerprint density at radius 3 is 2.72 bits per heavy atom. The van der Waals surface area contributed by atoms with E-state index in [2.05, 4.69) is 5.32 Å². The first-order chi connectivity index (χ1) is 12.0. The van der Waals surface area contributed by atoms with Gasteiger partial charge in [-0.05, 0) is 51.3 Å². The van der Waals surface area contributed by atoms with Crippen molar-refractivity contribution < 1.29 is 23.8 Å².